The van der Waals surface area contributed by atoms with Crippen LogP contribution in [-0.2, 0) is 21.7 Å². The maximum atomic E-state index is 12.8. The quantitative estimate of drug-likeness (QED) is 0.453. The van der Waals surface area contributed by atoms with Crippen LogP contribution in [0.15, 0.2) is 23.1 Å². The second-order valence-corrected chi connectivity index (χ2v) is 9.66. The molecule has 1 rings (SSSR count). The van der Waals surface area contributed by atoms with Crippen molar-refractivity contribution in [2.75, 3.05) is 5.75 Å². The van der Waals surface area contributed by atoms with E-state index < -0.39 is 9.84 Å². The SMILES string of the molecule is CCCCCC(C)(C)c1ccc(CCCC)c(S(=O)(=O)CCC)c1. The summed E-state index contributed by atoms with van der Waals surface area (Å²) in [6.07, 6.45) is 8.37. The van der Waals surface area contributed by atoms with Gasteiger partial charge in [0.15, 0.2) is 9.84 Å². The zero-order valence-corrected chi connectivity index (χ0v) is 17.1. The number of aryl methyl sites for hydroxylation is 1. The van der Waals surface area contributed by atoms with Gasteiger partial charge in [0.1, 0.15) is 0 Å². The van der Waals surface area contributed by atoms with Gasteiger partial charge in [0.05, 0.1) is 10.6 Å². The lowest BCUT2D eigenvalue weighted by Gasteiger charge is -2.26. The van der Waals surface area contributed by atoms with Gasteiger partial charge in [0, 0.05) is 0 Å². The molecule has 0 heterocycles. The summed E-state index contributed by atoms with van der Waals surface area (Å²) in [5.41, 5.74) is 2.18. The molecule has 0 N–H and O–H groups in total. The highest BCUT2D eigenvalue weighted by molar-refractivity contribution is 7.91. The Kier molecular flexibility index (Phi) is 8.49. The first kappa shape index (κ1) is 21.2. The van der Waals surface area contributed by atoms with Crippen molar-refractivity contribution in [2.45, 2.75) is 96.3 Å². The van der Waals surface area contributed by atoms with Gasteiger partial charge in [-0.3, -0.25) is 0 Å². The molecule has 138 valence electrons. The number of benzene rings is 1. The summed E-state index contributed by atoms with van der Waals surface area (Å²) in [5.74, 6) is 0.242. The van der Waals surface area contributed by atoms with Crippen LogP contribution in [0.1, 0.15) is 90.7 Å². The Morgan fingerprint density at radius 2 is 1.58 bits per heavy atom. The first-order valence-electron chi connectivity index (χ1n) is 9.64. The van der Waals surface area contributed by atoms with Crippen LogP contribution in [0.5, 0.6) is 0 Å². The molecule has 1 aromatic carbocycles. The van der Waals surface area contributed by atoms with Crippen LogP contribution in [0.25, 0.3) is 0 Å². The van der Waals surface area contributed by atoms with Gasteiger partial charge in [-0.15, -0.1) is 0 Å². The second kappa shape index (κ2) is 9.60. The topological polar surface area (TPSA) is 34.1 Å². The molecule has 0 bridgehead atoms. The van der Waals surface area contributed by atoms with E-state index >= 15 is 0 Å². The van der Waals surface area contributed by atoms with Crippen molar-refractivity contribution in [1.29, 1.82) is 0 Å². The van der Waals surface area contributed by atoms with Crippen molar-refractivity contribution >= 4 is 9.84 Å². The molecule has 3 heteroatoms. The maximum absolute atomic E-state index is 12.8. The van der Waals surface area contributed by atoms with Crippen LogP contribution >= 0.6 is 0 Å². The molecule has 0 aliphatic rings. The minimum atomic E-state index is -3.18. The van der Waals surface area contributed by atoms with Gasteiger partial charge in [-0.2, -0.15) is 0 Å². The van der Waals surface area contributed by atoms with E-state index in [1.54, 1.807) is 0 Å². The lowest BCUT2D eigenvalue weighted by atomic mass is 9.79. The first-order valence-corrected chi connectivity index (χ1v) is 11.3. The number of rotatable bonds is 11. The highest BCUT2D eigenvalue weighted by Gasteiger charge is 2.24. The third-order valence-electron chi connectivity index (χ3n) is 4.86. The van der Waals surface area contributed by atoms with Crippen molar-refractivity contribution in [3.05, 3.63) is 29.3 Å². The van der Waals surface area contributed by atoms with Crippen LogP contribution in [0.3, 0.4) is 0 Å². The zero-order valence-electron chi connectivity index (χ0n) is 16.3. The van der Waals surface area contributed by atoms with E-state index in [9.17, 15) is 8.42 Å². The van der Waals surface area contributed by atoms with Crippen LogP contribution in [0.2, 0.25) is 0 Å². The molecule has 0 aromatic heterocycles. The minimum absolute atomic E-state index is 0.0228. The second-order valence-electron chi connectivity index (χ2n) is 7.59. The van der Waals surface area contributed by atoms with E-state index in [0.29, 0.717) is 11.3 Å². The van der Waals surface area contributed by atoms with Crippen molar-refractivity contribution in [3.8, 4) is 0 Å². The average Bonchev–Trinajstić information content (AvgIpc) is 2.52. The molecule has 0 fully saturated rings. The molecule has 0 aliphatic heterocycles. The molecule has 0 amide bonds. The molecule has 0 radical (unpaired) electrons. The highest BCUT2D eigenvalue weighted by Crippen LogP contribution is 2.32. The van der Waals surface area contributed by atoms with E-state index in [4.69, 9.17) is 0 Å². The lowest BCUT2D eigenvalue weighted by molar-refractivity contribution is 0.449. The van der Waals surface area contributed by atoms with Crippen molar-refractivity contribution in [1.82, 2.24) is 0 Å². The number of hydrogen-bond donors (Lipinski definition) is 0. The largest absolute Gasteiger partial charge is 0.224 e. The van der Waals surface area contributed by atoms with Crippen molar-refractivity contribution < 1.29 is 8.42 Å². The monoisotopic (exact) mass is 352 g/mol. The van der Waals surface area contributed by atoms with Crippen LogP contribution in [0, 0.1) is 0 Å². The van der Waals surface area contributed by atoms with Crippen LogP contribution in [0.4, 0.5) is 0 Å². The van der Waals surface area contributed by atoms with Crippen LogP contribution < -0.4 is 0 Å². The number of sulfone groups is 1. The zero-order chi connectivity index (χ0) is 18.2. The van der Waals surface area contributed by atoms with Crippen molar-refractivity contribution in [3.63, 3.8) is 0 Å². The molecule has 1 aromatic rings. The maximum Gasteiger partial charge on any atom is 0.178 e. The van der Waals surface area contributed by atoms with E-state index in [1.807, 2.05) is 13.0 Å². The molecule has 0 atom stereocenters. The molecular weight excluding hydrogens is 316 g/mol. The van der Waals surface area contributed by atoms with Gasteiger partial charge in [0.2, 0.25) is 0 Å². The summed E-state index contributed by atoms with van der Waals surface area (Å²) >= 11 is 0. The highest BCUT2D eigenvalue weighted by atomic mass is 32.2. The van der Waals surface area contributed by atoms with Crippen LogP contribution in [-0.4, -0.2) is 14.2 Å². The van der Waals surface area contributed by atoms with E-state index in [2.05, 4.69) is 39.8 Å². The summed E-state index contributed by atoms with van der Waals surface area (Å²) in [5, 5.41) is 0. The van der Waals surface area contributed by atoms with E-state index in [0.717, 1.165) is 36.8 Å². The molecule has 24 heavy (non-hydrogen) atoms. The lowest BCUT2D eigenvalue weighted by Crippen LogP contribution is -2.19. The van der Waals surface area contributed by atoms with Gasteiger partial charge < -0.3 is 0 Å². The molecule has 0 aliphatic carbocycles. The third kappa shape index (κ3) is 5.91. The van der Waals surface area contributed by atoms with Gasteiger partial charge in [0.25, 0.3) is 0 Å². The molecule has 0 saturated carbocycles. The molecule has 0 saturated heterocycles. The van der Waals surface area contributed by atoms with E-state index in [-0.39, 0.29) is 11.2 Å². The number of hydrogen-bond acceptors (Lipinski definition) is 2. The Labute approximate surface area is 150 Å². The van der Waals surface area contributed by atoms with Gasteiger partial charge in [-0.25, -0.2) is 8.42 Å². The Bertz CT molecular complexity index is 600. The Morgan fingerprint density at radius 1 is 0.917 bits per heavy atom. The summed E-state index contributed by atoms with van der Waals surface area (Å²) in [7, 11) is -3.18. The van der Waals surface area contributed by atoms with Gasteiger partial charge in [-0.1, -0.05) is 72.4 Å². The van der Waals surface area contributed by atoms with Gasteiger partial charge in [-0.05, 0) is 48.3 Å². The van der Waals surface area contributed by atoms with E-state index in [1.165, 1.54) is 19.3 Å². The Hall–Kier alpha value is -0.830. The third-order valence-corrected chi connectivity index (χ3v) is 6.86. The van der Waals surface area contributed by atoms with Crippen molar-refractivity contribution in [2.24, 2.45) is 0 Å². The summed E-state index contributed by atoms with van der Waals surface area (Å²) in [4.78, 5) is 0.582. The predicted octanol–water partition coefficient (Wildman–Crippen LogP) is 6.07. The summed E-state index contributed by atoms with van der Waals surface area (Å²) in [6, 6.07) is 6.19. The fraction of sp³-hybridized carbons (Fsp3) is 0.714. The summed E-state index contributed by atoms with van der Waals surface area (Å²) in [6.45, 7) is 10.8. The molecule has 0 spiro atoms. The molecule has 0 unspecified atom stereocenters. The Morgan fingerprint density at radius 3 is 2.17 bits per heavy atom. The first-order chi connectivity index (χ1) is 11.3. The predicted molar refractivity (Wildman–Crippen MR) is 105 cm³/mol. The summed E-state index contributed by atoms with van der Waals surface area (Å²) < 4.78 is 25.5. The number of unbranched alkanes of at least 4 members (excludes halogenated alkanes) is 3. The van der Waals surface area contributed by atoms with Gasteiger partial charge >= 0.3 is 0 Å². The minimum Gasteiger partial charge on any atom is -0.224 e. The normalized spacial score (nSPS) is 12.5. The smallest absolute Gasteiger partial charge is 0.178 e. The fourth-order valence-electron chi connectivity index (χ4n) is 3.18. The molecular formula is C21H36O2S. The average molecular weight is 353 g/mol. The Balaban J connectivity index is 3.21. The molecule has 2 nitrogen and oxygen atoms in total. The fourth-order valence-corrected chi connectivity index (χ4v) is 4.81. The standard InChI is InChI=1S/C21H36O2S/c1-6-9-11-15-21(4,5)19-14-13-18(12-10-7-2)20(17-19)24(22,23)16-8-3/h13-14,17H,6-12,15-16H2,1-5H3.